The summed E-state index contributed by atoms with van der Waals surface area (Å²) in [6, 6.07) is 16.8. The molecule has 0 N–H and O–H groups in total. The number of hydrogen-bond donors (Lipinski definition) is 0. The number of unbranched alkanes of at least 4 members (excludes halogenated alkanes) is 11. The number of rotatable bonds is 20. The largest absolute Gasteiger partial charge is 0.494 e. The van der Waals surface area contributed by atoms with E-state index in [4.69, 9.17) is 4.74 Å². The summed E-state index contributed by atoms with van der Waals surface area (Å²) in [5.74, 6) is 2.01. The van der Waals surface area contributed by atoms with Crippen molar-refractivity contribution in [2.45, 2.75) is 104 Å². The molecule has 0 saturated carbocycles. The van der Waals surface area contributed by atoms with E-state index in [1.807, 2.05) is 22.7 Å². The normalized spacial score (nSPS) is 12.4. The van der Waals surface area contributed by atoms with Crippen LogP contribution in [0.1, 0.15) is 102 Å². The first-order chi connectivity index (χ1) is 19.2. The molecule has 4 nitrogen and oxygen atoms in total. The average molecular weight is 632 g/mol. The third-order valence-corrected chi connectivity index (χ3v) is 8.21. The van der Waals surface area contributed by atoms with Gasteiger partial charge < -0.3 is 14.5 Å². The number of carbonyl (C=O) groups is 1. The predicted octanol–water partition coefficient (Wildman–Crippen LogP) is 9.92. The Bertz CT molecular complexity index is 982. The van der Waals surface area contributed by atoms with Crippen molar-refractivity contribution in [3.8, 4) is 5.75 Å². The number of amides is 1. The van der Waals surface area contributed by atoms with Crippen molar-refractivity contribution in [1.29, 1.82) is 0 Å². The first-order valence-corrected chi connectivity index (χ1v) is 16.3. The van der Waals surface area contributed by atoms with E-state index < -0.39 is 0 Å². The summed E-state index contributed by atoms with van der Waals surface area (Å²) < 4.78 is 6.05. The van der Waals surface area contributed by atoms with Gasteiger partial charge in [0.15, 0.2) is 0 Å². The van der Waals surface area contributed by atoms with Crippen molar-refractivity contribution in [1.82, 2.24) is 4.90 Å². The number of benzene rings is 2. The zero-order chi connectivity index (χ0) is 27.5. The second-order valence-corrected chi connectivity index (χ2v) is 11.7. The number of ether oxygens (including phenoxy) is 1. The highest BCUT2D eigenvalue weighted by molar-refractivity contribution is 8.93. The lowest BCUT2D eigenvalue weighted by atomic mass is 10.1. The van der Waals surface area contributed by atoms with Gasteiger partial charge in [0.25, 0.3) is 0 Å². The quantitative estimate of drug-likeness (QED) is 0.136. The van der Waals surface area contributed by atoms with Gasteiger partial charge in [0.2, 0.25) is 5.91 Å². The third-order valence-electron chi connectivity index (χ3n) is 7.41. The molecule has 0 bridgehead atoms. The Kier molecular flexibility index (Phi) is 17.9. The fraction of sp³-hybridized carbons (Fsp3) is 0.559. The molecule has 40 heavy (non-hydrogen) atoms. The van der Waals surface area contributed by atoms with Crippen molar-refractivity contribution in [2.75, 3.05) is 23.9 Å². The fourth-order valence-corrected chi connectivity index (χ4v) is 5.77. The maximum absolute atomic E-state index is 12.4. The Balaban J connectivity index is 0.00000560. The molecule has 0 spiro atoms. The van der Waals surface area contributed by atoms with Crippen LogP contribution in [0.3, 0.4) is 0 Å². The lowest BCUT2D eigenvalue weighted by Crippen LogP contribution is -2.30. The summed E-state index contributed by atoms with van der Waals surface area (Å²) in [5, 5.41) is 2.13. The Morgan fingerprint density at radius 2 is 1.52 bits per heavy atom. The highest BCUT2D eigenvalue weighted by Crippen LogP contribution is 2.22. The van der Waals surface area contributed by atoms with Crippen LogP contribution in [0.25, 0.3) is 0 Å². The summed E-state index contributed by atoms with van der Waals surface area (Å²) >= 11 is 1.81. The molecule has 1 heterocycles. The van der Waals surface area contributed by atoms with E-state index in [0.29, 0.717) is 6.54 Å². The molecule has 0 unspecified atom stereocenters. The minimum absolute atomic E-state index is 0. The number of halogens is 1. The van der Waals surface area contributed by atoms with E-state index in [9.17, 15) is 4.79 Å². The predicted molar refractivity (Wildman–Crippen MR) is 179 cm³/mol. The Labute approximate surface area is 258 Å². The highest BCUT2D eigenvalue weighted by Gasteiger charge is 2.13. The topological polar surface area (TPSA) is 32.8 Å². The van der Waals surface area contributed by atoms with Crippen molar-refractivity contribution < 1.29 is 9.53 Å². The van der Waals surface area contributed by atoms with E-state index in [2.05, 4.69) is 65.9 Å². The Morgan fingerprint density at radius 1 is 0.875 bits per heavy atom. The number of carbonyl (C=O) groups excluding carboxylic acids is 1. The minimum atomic E-state index is 0. The third kappa shape index (κ3) is 13.6. The number of hydrogen-bond acceptors (Lipinski definition) is 4. The van der Waals surface area contributed by atoms with E-state index in [-0.39, 0.29) is 22.9 Å². The number of thioether (sulfide) groups is 1. The molecule has 0 fully saturated rings. The van der Waals surface area contributed by atoms with Crippen LogP contribution in [0.4, 0.5) is 5.69 Å². The molecule has 1 aliphatic rings. The van der Waals surface area contributed by atoms with Crippen LogP contribution in [0, 0.1) is 0 Å². The van der Waals surface area contributed by atoms with Crippen molar-refractivity contribution in [2.24, 2.45) is 0 Å². The van der Waals surface area contributed by atoms with Gasteiger partial charge in [0.1, 0.15) is 5.75 Å². The molecule has 0 saturated heterocycles. The summed E-state index contributed by atoms with van der Waals surface area (Å²) in [5.41, 5.74) is 3.41. The van der Waals surface area contributed by atoms with Gasteiger partial charge in [0.05, 0.1) is 12.5 Å². The van der Waals surface area contributed by atoms with Gasteiger partial charge in [0, 0.05) is 31.9 Å². The van der Waals surface area contributed by atoms with Gasteiger partial charge >= 0.3 is 0 Å². The fourth-order valence-electron chi connectivity index (χ4n) is 5.06. The molecule has 3 rings (SSSR count). The van der Waals surface area contributed by atoms with Crippen LogP contribution in [0.5, 0.6) is 5.75 Å². The molecule has 0 aliphatic carbocycles. The molecule has 0 radical (unpaired) electrons. The smallest absolute Gasteiger partial charge is 0.223 e. The minimum Gasteiger partial charge on any atom is -0.494 e. The zero-order valence-corrected chi connectivity index (χ0v) is 27.4. The van der Waals surface area contributed by atoms with E-state index in [1.54, 1.807) is 6.92 Å². The highest BCUT2D eigenvalue weighted by atomic mass is 79.9. The van der Waals surface area contributed by atoms with E-state index in [1.165, 1.54) is 81.8 Å². The lowest BCUT2D eigenvalue weighted by Gasteiger charge is -2.22. The summed E-state index contributed by atoms with van der Waals surface area (Å²) in [7, 11) is 0. The molecule has 1 amide bonds. The summed E-state index contributed by atoms with van der Waals surface area (Å²) in [6.45, 7) is 6.26. The van der Waals surface area contributed by atoms with Crippen LogP contribution < -0.4 is 9.64 Å². The van der Waals surface area contributed by atoms with E-state index >= 15 is 0 Å². The van der Waals surface area contributed by atoms with Gasteiger partial charge in [-0.3, -0.25) is 4.79 Å². The molecule has 6 heteroatoms. The molecule has 0 aromatic heterocycles. The molecular weight excluding hydrogens is 580 g/mol. The molecule has 1 aliphatic heterocycles. The first-order valence-electron chi connectivity index (χ1n) is 15.3. The average Bonchev–Trinajstić information content (AvgIpc) is 3.45. The molecule has 2 aromatic carbocycles. The van der Waals surface area contributed by atoms with Gasteiger partial charge in [-0.2, -0.15) is 0 Å². The number of nitrogens with zero attached hydrogens (tertiary/aromatic N) is 2. The first kappa shape index (κ1) is 34.3. The van der Waals surface area contributed by atoms with Crippen molar-refractivity contribution >= 4 is 40.3 Å². The van der Waals surface area contributed by atoms with Crippen LogP contribution in [0.15, 0.2) is 60.1 Å². The van der Waals surface area contributed by atoms with Crippen molar-refractivity contribution in [3.05, 3.63) is 71.3 Å². The molecule has 0 atom stereocenters. The van der Waals surface area contributed by atoms with Gasteiger partial charge in [-0.1, -0.05) is 102 Å². The van der Waals surface area contributed by atoms with Gasteiger partial charge in [-0.15, -0.1) is 28.7 Å². The summed E-state index contributed by atoms with van der Waals surface area (Å²) in [4.78, 5) is 16.6. The van der Waals surface area contributed by atoms with Gasteiger partial charge in [-0.05, 0) is 53.6 Å². The lowest BCUT2D eigenvalue weighted by molar-refractivity contribution is -0.116. The van der Waals surface area contributed by atoms with Crippen LogP contribution in [0.2, 0.25) is 0 Å². The summed E-state index contributed by atoms with van der Waals surface area (Å²) in [6.07, 6.45) is 19.2. The Hall–Kier alpha value is -1.92. The maximum atomic E-state index is 12.4. The molecule has 222 valence electrons. The standard InChI is InChI=1S/C34H50N2O2S.BrH/c1-3-4-5-6-7-8-9-10-11-12-13-14-25-38-34-17-15-16-31(27-34)22-23-36(30(2)37)33-20-18-32(19-21-33)28-35-24-26-39-29-35;/h15-21,24,26-27H,3-14,22-23,25,28-29H2,1-2H3;1H. The van der Waals surface area contributed by atoms with Crippen LogP contribution in [-0.2, 0) is 17.8 Å². The molecule has 2 aromatic rings. The number of anilines is 1. The van der Waals surface area contributed by atoms with E-state index in [0.717, 1.165) is 43.3 Å². The second-order valence-electron chi connectivity index (χ2n) is 10.8. The van der Waals surface area contributed by atoms with Crippen LogP contribution in [-0.4, -0.2) is 29.8 Å². The monoisotopic (exact) mass is 630 g/mol. The SMILES string of the molecule is Br.CCCCCCCCCCCCCCOc1cccc(CCN(C(C)=O)c2ccc(CN3C=CSC3)cc2)c1. The Morgan fingerprint density at radius 3 is 2.12 bits per heavy atom. The van der Waals surface area contributed by atoms with Gasteiger partial charge in [-0.25, -0.2) is 0 Å². The second kappa shape index (κ2) is 20.9. The van der Waals surface area contributed by atoms with Crippen LogP contribution >= 0.6 is 28.7 Å². The van der Waals surface area contributed by atoms with Crippen molar-refractivity contribution in [3.63, 3.8) is 0 Å². The maximum Gasteiger partial charge on any atom is 0.223 e. The zero-order valence-electron chi connectivity index (χ0n) is 24.8. The molecular formula is C34H51BrN2O2S.